The van der Waals surface area contributed by atoms with Gasteiger partial charge in [-0.05, 0) is 86.3 Å². The fourth-order valence-electron chi connectivity index (χ4n) is 4.62. The van der Waals surface area contributed by atoms with E-state index in [-0.39, 0.29) is 16.7 Å². The Morgan fingerprint density at radius 2 is 1.86 bits per heavy atom. The number of anilines is 2. The van der Waals surface area contributed by atoms with E-state index in [1.54, 1.807) is 12.1 Å². The molecule has 2 aliphatic heterocycles. The molecule has 2 heterocycles. The number of thioether (sulfide) groups is 1. The van der Waals surface area contributed by atoms with Gasteiger partial charge in [0, 0.05) is 17.8 Å². The van der Waals surface area contributed by atoms with Crippen LogP contribution in [0.15, 0.2) is 53.4 Å². The highest BCUT2D eigenvalue weighted by Gasteiger charge is 2.37. The predicted molar refractivity (Wildman–Crippen MR) is 121 cm³/mol. The summed E-state index contributed by atoms with van der Waals surface area (Å²) in [5.41, 5.74) is 4.28. The summed E-state index contributed by atoms with van der Waals surface area (Å²) in [5.74, 6) is 0.184. The molecule has 1 saturated heterocycles. The zero-order valence-corrected chi connectivity index (χ0v) is 18.1. The van der Waals surface area contributed by atoms with Crippen LogP contribution < -0.4 is 9.80 Å². The molecule has 2 amide bonds. The van der Waals surface area contributed by atoms with E-state index in [0.29, 0.717) is 16.5 Å². The number of imide groups is 1. The Balaban J connectivity index is 1.67. The summed E-state index contributed by atoms with van der Waals surface area (Å²) in [6.45, 7) is 10.0. The maximum absolute atomic E-state index is 12.9. The topological polar surface area (TPSA) is 40.6 Å². The van der Waals surface area contributed by atoms with Crippen LogP contribution in [0.4, 0.5) is 16.2 Å². The number of carbonyl (C=O) groups is 2. The Labute approximate surface area is 176 Å². The number of rotatable bonds is 3. The predicted octanol–water partition coefficient (Wildman–Crippen LogP) is 6.04. The lowest BCUT2D eigenvalue weighted by Gasteiger charge is -2.47. The number of nitrogens with zero attached hydrogens (tertiary/aromatic N) is 2. The molecule has 1 atom stereocenters. The third-order valence-corrected chi connectivity index (χ3v) is 6.70. The molecule has 1 unspecified atom stereocenters. The summed E-state index contributed by atoms with van der Waals surface area (Å²) in [4.78, 5) is 29.5. The summed E-state index contributed by atoms with van der Waals surface area (Å²) in [6.07, 6.45) is 2.93. The molecule has 2 aromatic rings. The van der Waals surface area contributed by atoms with Crippen molar-refractivity contribution >= 4 is 40.4 Å². The van der Waals surface area contributed by atoms with Gasteiger partial charge in [0.2, 0.25) is 0 Å². The Bertz CT molecular complexity index is 997. The lowest BCUT2D eigenvalue weighted by Crippen LogP contribution is -2.48. The number of fused-ring (bicyclic) bond motifs is 1. The van der Waals surface area contributed by atoms with Gasteiger partial charge in [0.25, 0.3) is 11.1 Å². The molecule has 4 rings (SSSR count). The van der Waals surface area contributed by atoms with Crippen molar-refractivity contribution in [3.8, 4) is 0 Å². The second kappa shape index (κ2) is 7.38. The number of carbonyl (C=O) groups excluding carboxylic acids is 2. The molecule has 5 heteroatoms. The second-order valence-corrected chi connectivity index (χ2v) is 9.33. The summed E-state index contributed by atoms with van der Waals surface area (Å²) in [5, 5.41) is -0.252. The maximum Gasteiger partial charge on any atom is 0.298 e. The monoisotopic (exact) mass is 406 g/mol. The largest absolute Gasteiger partial charge is 0.366 e. The summed E-state index contributed by atoms with van der Waals surface area (Å²) >= 11 is 1.00. The highest BCUT2D eigenvalue weighted by molar-refractivity contribution is 8.19. The van der Waals surface area contributed by atoms with Gasteiger partial charge in [-0.3, -0.25) is 9.59 Å². The number of hydrogen-bond donors (Lipinski definition) is 0. The molecule has 2 aromatic carbocycles. The van der Waals surface area contributed by atoms with E-state index < -0.39 is 0 Å². The number of amides is 2. The second-order valence-electron chi connectivity index (χ2n) is 8.33. The van der Waals surface area contributed by atoms with Gasteiger partial charge in [0.15, 0.2) is 0 Å². The third-order valence-electron chi connectivity index (χ3n) is 5.83. The molecule has 4 nitrogen and oxygen atoms in total. The van der Waals surface area contributed by atoms with Crippen LogP contribution >= 0.6 is 11.8 Å². The summed E-state index contributed by atoms with van der Waals surface area (Å²) in [6, 6.07) is 15.5. The lowest BCUT2D eigenvalue weighted by molar-refractivity contribution is -0.113. The lowest BCUT2D eigenvalue weighted by atomic mass is 9.79. The Hall–Kier alpha value is -2.53. The molecule has 0 bridgehead atoms. The van der Waals surface area contributed by atoms with Crippen molar-refractivity contribution in [3.05, 3.63) is 64.6 Å². The van der Waals surface area contributed by atoms with Crippen LogP contribution in [0.1, 0.15) is 51.2 Å². The molecule has 0 aromatic heterocycles. The highest BCUT2D eigenvalue weighted by Crippen LogP contribution is 2.44. The molecule has 0 radical (unpaired) electrons. The van der Waals surface area contributed by atoms with Gasteiger partial charge in [-0.25, -0.2) is 4.90 Å². The minimum absolute atomic E-state index is 0.126. The molecule has 150 valence electrons. The highest BCUT2D eigenvalue weighted by atomic mass is 32.2. The first-order valence-corrected chi connectivity index (χ1v) is 10.9. The van der Waals surface area contributed by atoms with Crippen LogP contribution in [0.25, 0.3) is 6.08 Å². The van der Waals surface area contributed by atoms with Crippen molar-refractivity contribution in [2.75, 3.05) is 16.3 Å². The zero-order valence-electron chi connectivity index (χ0n) is 17.3. The van der Waals surface area contributed by atoms with Crippen LogP contribution in [0.3, 0.4) is 0 Å². The fraction of sp³-hybridized carbons (Fsp3) is 0.333. The maximum atomic E-state index is 12.9. The van der Waals surface area contributed by atoms with Crippen molar-refractivity contribution in [2.45, 2.75) is 45.6 Å². The first kappa shape index (κ1) is 19.8. The first-order chi connectivity index (χ1) is 13.8. The van der Waals surface area contributed by atoms with Crippen molar-refractivity contribution in [2.24, 2.45) is 0 Å². The van der Waals surface area contributed by atoms with E-state index >= 15 is 0 Å². The average molecular weight is 407 g/mol. The Morgan fingerprint density at radius 1 is 1.14 bits per heavy atom. The van der Waals surface area contributed by atoms with Crippen molar-refractivity contribution in [3.63, 3.8) is 0 Å². The van der Waals surface area contributed by atoms with E-state index in [2.05, 4.69) is 44.7 Å². The van der Waals surface area contributed by atoms with Gasteiger partial charge in [-0.15, -0.1) is 0 Å². The SMILES string of the molecule is CCN1c2ccc(/C=C3/SC(=O)N(c4ccccc4)C3=O)cc2C(C)CC1(C)C. The van der Waals surface area contributed by atoms with Gasteiger partial charge in [-0.1, -0.05) is 31.2 Å². The number of para-hydroxylation sites is 1. The number of benzene rings is 2. The van der Waals surface area contributed by atoms with Gasteiger partial charge < -0.3 is 4.90 Å². The molecular weight excluding hydrogens is 380 g/mol. The summed E-state index contributed by atoms with van der Waals surface area (Å²) < 4.78 is 0. The van der Waals surface area contributed by atoms with Crippen LogP contribution in [0.2, 0.25) is 0 Å². The van der Waals surface area contributed by atoms with Gasteiger partial charge in [-0.2, -0.15) is 0 Å². The van der Waals surface area contributed by atoms with E-state index in [1.165, 1.54) is 16.2 Å². The average Bonchev–Trinajstić information content (AvgIpc) is 2.95. The molecule has 2 aliphatic rings. The fourth-order valence-corrected chi connectivity index (χ4v) is 5.46. The van der Waals surface area contributed by atoms with Crippen molar-refractivity contribution in [1.29, 1.82) is 0 Å². The molecule has 0 spiro atoms. The standard InChI is InChI=1S/C24H26N2O2S/c1-5-25-20-12-11-17(13-19(20)16(2)15-24(25,3)4)14-21-22(27)26(23(28)29-21)18-9-7-6-8-10-18/h6-14,16H,5,15H2,1-4H3/b21-14+. The Morgan fingerprint density at radius 3 is 2.55 bits per heavy atom. The number of hydrogen-bond acceptors (Lipinski definition) is 4. The van der Waals surface area contributed by atoms with E-state index in [9.17, 15) is 9.59 Å². The van der Waals surface area contributed by atoms with E-state index in [0.717, 1.165) is 30.3 Å². The Kier molecular flexibility index (Phi) is 5.03. The summed E-state index contributed by atoms with van der Waals surface area (Å²) in [7, 11) is 0. The normalized spacial score (nSPS) is 22.3. The van der Waals surface area contributed by atoms with Crippen LogP contribution in [-0.4, -0.2) is 23.2 Å². The van der Waals surface area contributed by atoms with Crippen molar-refractivity contribution in [1.82, 2.24) is 0 Å². The first-order valence-electron chi connectivity index (χ1n) is 10.1. The zero-order chi connectivity index (χ0) is 20.8. The molecular formula is C24H26N2O2S. The van der Waals surface area contributed by atoms with Crippen LogP contribution in [0, 0.1) is 0 Å². The molecule has 0 aliphatic carbocycles. The third kappa shape index (κ3) is 3.48. The van der Waals surface area contributed by atoms with E-state index in [1.807, 2.05) is 30.3 Å². The van der Waals surface area contributed by atoms with Crippen LogP contribution in [-0.2, 0) is 4.79 Å². The van der Waals surface area contributed by atoms with Gasteiger partial charge in [0.05, 0.1) is 10.6 Å². The molecule has 0 N–H and O–H groups in total. The molecule has 29 heavy (non-hydrogen) atoms. The molecule has 0 saturated carbocycles. The smallest absolute Gasteiger partial charge is 0.298 e. The minimum atomic E-state index is -0.256. The molecule has 1 fully saturated rings. The van der Waals surface area contributed by atoms with E-state index in [4.69, 9.17) is 0 Å². The van der Waals surface area contributed by atoms with Gasteiger partial charge >= 0.3 is 0 Å². The van der Waals surface area contributed by atoms with Crippen LogP contribution in [0.5, 0.6) is 0 Å². The van der Waals surface area contributed by atoms with Gasteiger partial charge in [0.1, 0.15) is 0 Å². The van der Waals surface area contributed by atoms with Crippen molar-refractivity contribution < 1.29 is 9.59 Å². The minimum Gasteiger partial charge on any atom is -0.366 e. The quantitative estimate of drug-likeness (QED) is 0.583.